The fourth-order valence-electron chi connectivity index (χ4n) is 9.21. The van der Waals surface area contributed by atoms with Crippen LogP contribution in [0.25, 0.3) is 11.0 Å². The monoisotopic (exact) mass is 483 g/mol. The van der Waals surface area contributed by atoms with E-state index in [0.29, 0.717) is 10.0 Å². The van der Waals surface area contributed by atoms with E-state index in [-0.39, 0.29) is 22.3 Å². The molecular formula is C27H31Cl2N3O. The van der Waals surface area contributed by atoms with Crippen LogP contribution in [0.1, 0.15) is 83.5 Å². The molecule has 5 fully saturated rings. The van der Waals surface area contributed by atoms with Gasteiger partial charge < -0.3 is 5.32 Å². The average molecular weight is 484 g/mol. The highest BCUT2D eigenvalue weighted by Crippen LogP contribution is 2.70. The number of hydrogen-bond donors (Lipinski definition) is 1. The Hall–Kier alpha value is -1.39. The Labute approximate surface area is 205 Å². The van der Waals surface area contributed by atoms with Crippen LogP contribution in [0.15, 0.2) is 12.1 Å². The van der Waals surface area contributed by atoms with Crippen LogP contribution in [-0.2, 0) is 15.6 Å². The molecule has 4 nitrogen and oxygen atoms in total. The second-order valence-electron chi connectivity index (χ2n) is 12.7. The van der Waals surface area contributed by atoms with E-state index in [1.807, 2.05) is 0 Å². The first-order chi connectivity index (χ1) is 15.6. The number of halogens is 2. The van der Waals surface area contributed by atoms with E-state index in [9.17, 15) is 4.79 Å². The summed E-state index contributed by atoms with van der Waals surface area (Å²) in [6, 6.07) is 3.59. The van der Waals surface area contributed by atoms with E-state index in [1.54, 1.807) is 12.1 Å². The van der Waals surface area contributed by atoms with Gasteiger partial charge in [0.1, 0.15) is 0 Å². The maximum Gasteiger partial charge on any atom is 0.233 e. The van der Waals surface area contributed by atoms with Gasteiger partial charge in [0.2, 0.25) is 5.91 Å². The van der Waals surface area contributed by atoms with E-state index < -0.39 is 5.41 Å². The molecule has 2 unspecified atom stereocenters. The molecule has 2 atom stereocenters. The first-order valence-corrected chi connectivity index (χ1v) is 13.3. The molecule has 33 heavy (non-hydrogen) atoms. The summed E-state index contributed by atoms with van der Waals surface area (Å²) in [5.41, 5.74) is 2.17. The molecule has 6 heteroatoms. The lowest BCUT2D eigenvalue weighted by atomic mass is 9.52. The van der Waals surface area contributed by atoms with Gasteiger partial charge in [-0.15, -0.1) is 0 Å². The fourth-order valence-corrected chi connectivity index (χ4v) is 9.53. The van der Waals surface area contributed by atoms with Gasteiger partial charge in [-0.3, -0.25) is 4.79 Å². The summed E-state index contributed by atoms with van der Waals surface area (Å²) in [5, 5.41) is 4.67. The number of hydrogen-bond acceptors (Lipinski definition) is 3. The van der Waals surface area contributed by atoms with Crippen LogP contribution >= 0.6 is 23.2 Å². The quantitative estimate of drug-likeness (QED) is 0.541. The highest BCUT2D eigenvalue weighted by molar-refractivity contribution is 6.42. The van der Waals surface area contributed by atoms with Gasteiger partial charge in [-0.2, -0.15) is 0 Å². The van der Waals surface area contributed by atoms with Gasteiger partial charge in [0.05, 0.1) is 37.9 Å². The van der Waals surface area contributed by atoms with E-state index >= 15 is 0 Å². The standard InChI is InChI=1S/C27H31Cl2N3O/c1-24(2)25(3)4-5-27(24,22-21(25)30-19-9-17(28)18(29)10-20(19)31-22)23(33)32-26-11-14-6-15(12-26)8-16(7-14)13-26/h9-10,14-16H,4-8,11-13H2,1-3H3,(H,32,33). The van der Waals surface area contributed by atoms with Crippen molar-refractivity contribution in [1.29, 1.82) is 0 Å². The van der Waals surface area contributed by atoms with Crippen molar-refractivity contribution in [1.82, 2.24) is 15.3 Å². The second-order valence-corrected chi connectivity index (χ2v) is 13.5. The lowest BCUT2D eigenvalue weighted by Crippen LogP contribution is -2.64. The van der Waals surface area contributed by atoms with Crippen LogP contribution in [0.5, 0.6) is 0 Å². The Morgan fingerprint density at radius 2 is 1.39 bits per heavy atom. The SMILES string of the molecule is CC12CCC(C(=O)NC34CC5CC(CC(C5)C3)C4)(c3nc4cc(Cl)c(Cl)cc4nc31)C2(C)C. The van der Waals surface area contributed by atoms with Gasteiger partial charge in [-0.25, -0.2) is 9.97 Å². The minimum Gasteiger partial charge on any atom is -0.350 e. The van der Waals surface area contributed by atoms with Crippen LogP contribution < -0.4 is 5.32 Å². The van der Waals surface area contributed by atoms with E-state index in [2.05, 4.69) is 26.1 Å². The molecule has 0 saturated heterocycles. The first kappa shape index (κ1) is 20.9. The zero-order valence-electron chi connectivity index (χ0n) is 19.6. The molecule has 1 aromatic heterocycles. The lowest BCUT2D eigenvalue weighted by molar-refractivity contribution is -0.136. The van der Waals surface area contributed by atoms with Gasteiger partial charge in [0, 0.05) is 11.0 Å². The van der Waals surface area contributed by atoms with E-state index in [1.165, 1.54) is 19.3 Å². The minimum atomic E-state index is -0.659. The largest absolute Gasteiger partial charge is 0.350 e. The molecule has 6 bridgehead atoms. The highest BCUT2D eigenvalue weighted by atomic mass is 35.5. The molecule has 1 heterocycles. The number of nitrogens with zero attached hydrogens (tertiary/aromatic N) is 2. The van der Waals surface area contributed by atoms with Crippen molar-refractivity contribution in [3.8, 4) is 0 Å². The normalized spacial score (nSPS) is 41.5. The summed E-state index contributed by atoms with van der Waals surface area (Å²) in [6.07, 6.45) is 9.34. The number of benzene rings is 1. The Balaban J connectivity index is 1.36. The van der Waals surface area contributed by atoms with Crippen molar-refractivity contribution in [2.45, 2.75) is 88.5 Å². The zero-order chi connectivity index (χ0) is 23.0. The molecule has 6 aliphatic rings. The summed E-state index contributed by atoms with van der Waals surface area (Å²) < 4.78 is 0. The number of aromatic nitrogens is 2. The topological polar surface area (TPSA) is 54.9 Å². The number of fused-ring (bicyclic) bond motifs is 6. The maximum atomic E-state index is 14.5. The number of carbonyl (C=O) groups is 1. The fraction of sp³-hybridized carbons (Fsp3) is 0.667. The molecule has 0 aliphatic heterocycles. The molecule has 1 N–H and O–H groups in total. The minimum absolute atomic E-state index is 0.0144. The predicted octanol–water partition coefficient (Wildman–Crippen LogP) is 6.35. The summed E-state index contributed by atoms with van der Waals surface area (Å²) >= 11 is 12.6. The highest BCUT2D eigenvalue weighted by Gasteiger charge is 2.73. The average Bonchev–Trinajstić information content (AvgIpc) is 3.01. The van der Waals surface area contributed by atoms with Crippen molar-refractivity contribution in [2.24, 2.45) is 23.2 Å². The third kappa shape index (κ3) is 2.43. The molecule has 1 aromatic carbocycles. The van der Waals surface area contributed by atoms with Crippen molar-refractivity contribution >= 4 is 40.1 Å². The lowest BCUT2D eigenvalue weighted by Gasteiger charge is -2.57. The van der Waals surface area contributed by atoms with Crippen LogP contribution in [0, 0.1) is 23.2 Å². The Kier molecular flexibility index (Phi) is 3.96. The molecular weight excluding hydrogens is 453 g/mol. The van der Waals surface area contributed by atoms with Gasteiger partial charge in [0.15, 0.2) is 0 Å². The molecule has 174 valence electrons. The van der Waals surface area contributed by atoms with Crippen molar-refractivity contribution < 1.29 is 4.79 Å². The van der Waals surface area contributed by atoms with Crippen LogP contribution in [0.3, 0.4) is 0 Å². The Morgan fingerprint density at radius 3 is 1.94 bits per heavy atom. The molecule has 0 radical (unpaired) electrons. The van der Waals surface area contributed by atoms with Crippen LogP contribution in [0.4, 0.5) is 0 Å². The van der Waals surface area contributed by atoms with Gasteiger partial charge in [-0.05, 0) is 86.7 Å². The number of amides is 1. The molecule has 2 aromatic rings. The summed E-state index contributed by atoms with van der Waals surface area (Å²) in [6.45, 7) is 6.79. The maximum absolute atomic E-state index is 14.5. The number of nitrogens with one attached hydrogen (secondary N) is 1. The smallest absolute Gasteiger partial charge is 0.233 e. The van der Waals surface area contributed by atoms with Crippen molar-refractivity contribution in [3.63, 3.8) is 0 Å². The van der Waals surface area contributed by atoms with Crippen molar-refractivity contribution in [2.75, 3.05) is 0 Å². The van der Waals surface area contributed by atoms with Crippen LogP contribution in [0.2, 0.25) is 10.0 Å². The Bertz CT molecular complexity index is 1200. The predicted molar refractivity (Wildman–Crippen MR) is 131 cm³/mol. The number of rotatable bonds is 2. The van der Waals surface area contributed by atoms with Crippen LogP contribution in [-0.4, -0.2) is 21.4 Å². The molecule has 6 aliphatic carbocycles. The zero-order valence-corrected chi connectivity index (χ0v) is 21.1. The Morgan fingerprint density at radius 1 is 0.879 bits per heavy atom. The first-order valence-electron chi connectivity index (χ1n) is 12.6. The summed E-state index contributed by atoms with van der Waals surface area (Å²) in [4.78, 5) is 24.6. The number of carbonyl (C=O) groups excluding carboxylic acids is 1. The van der Waals surface area contributed by atoms with Gasteiger partial charge in [-0.1, -0.05) is 44.0 Å². The summed E-state index contributed by atoms with van der Waals surface area (Å²) in [7, 11) is 0. The molecule has 1 amide bonds. The molecule has 5 saturated carbocycles. The second kappa shape index (κ2) is 6.23. The third-order valence-electron chi connectivity index (χ3n) is 10.9. The van der Waals surface area contributed by atoms with Gasteiger partial charge >= 0.3 is 0 Å². The van der Waals surface area contributed by atoms with E-state index in [0.717, 1.165) is 72.3 Å². The van der Waals surface area contributed by atoms with Gasteiger partial charge in [0.25, 0.3) is 0 Å². The molecule has 8 rings (SSSR count). The molecule has 0 spiro atoms. The third-order valence-corrected chi connectivity index (χ3v) is 11.6. The summed E-state index contributed by atoms with van der Waals surface area (Å²) in [5.74, 6) is 2.57. The van der Waals surface area contributed by atoms with E-state index in [4.69, 9.17) is 33.2 Å². The van der Waals surface area contributed by atoms with Crippen molar-refractivity contribution in [3.05, 3.63) is 33.6 Å².